The van der Waals surface area contributed by atoms with Gasteiger partial charge >= 0.3 is 0 Å². The Balaban J connectivity index is 3.02. The molecule has 0 bridgehead atoms. The van der Waals surface area contributed by atoms with E-state index in [2.05, 4.69) is 11.8 Å². The Bertz CT molecular complexity index is 208. The van der Waals surface area contributed by atoms with Gasteiger partial charge in [0.15, 0.2) is 0 Å². The highest BCUT2D eigenvalue weighted by Crippen LogP contribution is 2.12. The van der Waals surface area contributed by atoms with Crippen LogP contribution < -0.4 is 0 Å². The van der Waals surface area contributed by atoms with Gasteiger partial charge in [-0.25, -0.2) is 4.89 Å². The molecule has 0 fully saturated rings. The largest absolute Gasteiger partial charge is 0.393 e. The second-order valence-electron chi connectivity index (χ2n) is 6.58. The van der Waals surface area contributed by atoms with Gasteiger partial charge in [-0.05, 0) is 6.42 Å². The lowest BCUT2D eigenvalue weighted by molar-refractivity contribution is -0.293. The summed E-state index contributed by atoms with van der Waals surface area (Å²) in [6.07, 6.45) is 18.3. The van der Waals surface area contributed by atoms with Gasteiger partial charge in [-0.1, -0.05) is 90.4 Å². The lowest BCUT2D eigenvalue weighted by Crippen LogP contribution is -2.22. The van der Waals surface area contributed by atoms with Crippen LogP contribution in [0.1, 0.15) is 96.8 Å². The van der Waals surface area contributed by atoms with Gasteiger partial charge in [0, 0.05) is 6.61 Å². The van der Waals surface area contributed by atoms with Crippen molar-refractivity contribution < 1.29 is 20.0 Å². The number of aliphatic hydroxyl groups excluding tert-OH is 1. The average molecular weight is 333 g/mol. The molecule has 0 aromatic carbocycles. The van der Waals surface area contributed by atoms with Crippen LogP contribution in [-0.4, -0.2) is 36.3 Å². The monoisotopic (exact) mass is 332 g/mol. The molecule has 1 atom stereocenters. The summed E-state index contributed by atoms with van der Waals surface area (Å²) in [5, 5.41) is 17.2. The summed E-state index contributed by atoms with van der Waals surface area (Å²) in [6, 6.07) is 0. The number of hydrogen-bond donors (Lipinski definition) is 2. The average Bonchev–Trinajstić information content (AvgIpc) is 2.58. The molecule has 4 heteroatoms. The van der Waals surface area contributed by atoms with E-state index in [9.17, 15) is 0 Å². The third-order valence-corrected chi connectivity index (χ3v) is 4.30. The maximum absolute atomic E-state index is 8.79. The molecule has 1 unspecified atom stereocenters. The first kappa shape index (κ1) is 22.8. The van der Waals surface area contributed by atoms with Crippen LogP contribution in [0.4, 0.5) is 0 Å². The molecule has 0 saturated carbocycles. The van der Waals surface area contributed by atoms with Gasteiger partial charge < -0.3 is 9.84 Å². The van der Waals surface area contributed by atoms with Gasteiger partial charge in [0.1, 0.15) is 6.10 Å². The molecule has 2 N–H and O–H groups in total. The Labute approximate surface area is 143 Å². The van der Waals surface area contributed by atoms with Crippen molar-refractivity contribution in [3.05, 3.63) is 0 Å². The molecule has 0 heterocycles. The molecule has 0 aliphatic rings. The highest BCUT2D eigenvalue weighted by atomic mass is 17.1. The SMILES string of the molecule is CCCCCCCCCCCCCCCCOCC(CO)OO. The van der Waals surface area contributed by atoms with Crippen LogP contribution in [-0.2, 0) is 9.62 Å². The zero-order valence-electron chi connectivity index (χ0n) is 15.3. The van der Waals surface area contributed by atoms with Crippen molar-refractivity contribution in [1.82, 2.24) is 0 Å². The topological polar surface area (TPSA) is 58.9 Å². The van der Waals surface area contributed by atoms with Crippen molar-refractivity contribution in [3.8, 4) is 0 Å². The molecule has 0 aliphatic heterocycles. The lowest BCUT2D eigenvalue weighted by Gasteiger charge is -2.10. The smallest absolute Gasteiger partial charge is 0.139 e. The minimum atomic E-state index is -0.610. The standard InChI is InChI=1S/C19H40O4/c1-2-3-4-5-6-7-8-9-10-11-12-13-14-15-16-22-18-19(17-20)23-21/h19-21H,2-18H2,1H3. The second-order valence-corrected chi connectivity index (χ2v) is 6.58. The van der Waals surface area contributed by atoms with E-state index in [-0.39, 0.29) is 13.2 Å². The molecule has 4 nitrogen and oxygen atoms in total. The van der Waals surface area contributed by atoms with E-state index >= 15 is 0 Å². The molecule has 0 rings (SSSR count). The van der Waals surface area contributed by atoms with E-state index in [4.69, 9.17) is 15.1 Å². The minimum absolute atomic E-state index is 0.213. The van der Waals surface area contributed by atoms with Crippen LogP contribution in [0, 0.1) is 0 Å². The van der Waals surface area contributed by atoms with Gasteiger partial charge in [0.25, 0.3) is 0 Å². The fraction of sp³-hybridized carbons (Fsp3) is 1.00. The van der Waals surface area contributed by atoms with Gasteiger partial charge in [0.2, 0.25) is 0 Å². The zero-order chi connectivity index (χ0) is 17.0. The molecule has 0 aliphatic carbocycles. The van der Waals surface area contributed by atoms with Crippen molar-refractivity contribution in [3.63, 3.8) is 0 Å². The van der Waals surface area contributed by atoms with Crippen LogP contribution >= 0.6 is 0 Å². The molecule has 23 heavy (non-hydrogen) atoms. The van der Waals surface area contributed by atoms with Crippen LogP contribution in [0.3, 0.4) is 0 Å². The summed E-state index contributed by atoms with van der Waals surface area (Å²) in [7, 11) is 0. The normalized spacial score (nSPS) is 12.7. The highest BCUT2D eigenvalue weighted by molar-refractivity contribution is 4.52. The Morgan fingerprint density at radius 1 is 0.696 bits per heavy atom. The maximum Gasteiger partial charge on any atom is 0.139 e. The third kappa shape index (κ3) is 18.0. The summed E-state index contributed by atoms with van der Waals surface area (Å²) in [4.78, 5) is 4.05. The van der Waals surface area contributed by atoms with Gasteiger partial charge in [-0.15, -0.1) is 0 Å². The second kappa shape index (κ2) is 19.9. The molecule has 140 valence electrons. The summed E-state index contributed by atoms with van der Waals surface area (Å²) >= 11 is 0. The van der Waals surface area contributed by atoms with Gasteiger partial charge in [-0.2, -0.15) is 0 Å². The fourth-order valence-electron chi connectivity index (χ4n) is 2.73. The molecule has 0 saturated heterocycles. The zero-order valence-corrected chi connectivity index (χ0v) is 15.3. The Morgan fingerprint density at radius 3 is 1.52 bits per heavy atom. The van der Waals surface area contributed by atoms with E-state index in [1.54, 1.807) is 0 Å². The number of aliphatic hydroxyl groups is 1. The molecule has 0 aromatic rings. The predicted octanol–water partition coefficient (Wildman–Crippen LogP) is 5.33. The Kier molecular flexibility index (Phi) is 19.7. The van der Waals surface area contributed by atoms with Crippen LogP contribution in [0.15, 0.2) is 0 Å². The van der Waals surface area contributed by atoms with E-state index < -0.39 is 6.10 Å². The summed E-state index contributed by atoms with van der Waals surface area (Å²) < 4.78 is 5.34. The van der Waals surface area contributed by atoms with E-state index in [1.165, 1.54) is 83.5 Å². The van der Waals surface area contributed by atoms with Crippen molar-refractivity contribution >= 4 is 0 Å². The number of hydrogen-bond acceptors (Lipinski definition) is 4. The number of rotatable bonds is 19. The van der Waals surface area contributed by atoms with E-state index in [1.807, 2.05) is 0 Å². The van der Waals surface area contributed by atoms with E-state index in [0.717, 1.165) is 6.42 Å². The number of ether oxygens (including phenoxy) is 1. The quantitative estimate of drug-likeness (QED) is 0.190. The molecular formula is C19H40O4. The van der Waals surface area contributed by atoms with Crippen molar-refractivity contribution in [2.75, 3.05) is 19.8 Å². The Morgan fingerprint density at radius 2 is 1.13 bits per heavy atom. The minimum Gasteiger partial charge on any atom is -0.393 e. The van der Waals surface area contributed by atoms with E-state index in [0.29, 0.717) is 6.61 Å². The van der Waals surface area contributed by atoms with Gasteiger partial charge in [0.05, 0.1) is 13.2 Å². The molecule has 0 spiro atoms. The maximum atomic E-state index is 8.79. The number of unbranched alkanes of at least 4 members (excludes halogenated alkanes) is 13. The first-order chi connectivity index (χ1) is 11.3. The molecule has 0 radical (unpaired) electrons. The first-order valence-corrected chi connectivity index (χ1v) is 9.84. The van der Waals surface area contributed by atoms with Gasteiger partial charge in [-0.3, -0.25) is 5.26 Å². The fourth-order valence-corrected chi connectivity index (χ4v) is 2.73. The third-order valence-electron chi connectivity index (χ3n) is 4.30. The summed E-state index contributed by atoms with van der Waals surface area (Å²) in [5.74, 6) is 0. The Hall–Kier alpha value is -0.160. The van der Waals surface area contributed by atoms with Crippen LogP contribution in [0.5, 0.6) is 0 Å². The van der Waals surface area contributed by atoms with Crippen molar-refractivity contribution in [2.45, 2.75) is 103 Å². The summed E-state index contributed by atoms with van der Waals surface area (Å²) in [6.45, 7) is 2.99. The molecule has 0 aromatic heterocycles. The van der Waals surface area contributed by atoms with Crippen molar-refractivity contribution in [2.24, 2.45) is 0 Å². The predicted molar refractivity (Wildman–Crippen MR) is 95.7 cm³/mol. The molecular weight excluding hydrogens is 292 g/mol. The van der Waals surface area contributed by atoms with Crippen LogP contribution in [0.25, 0.3) is 0 Å². The lowest BCUT2D eigenvalue weighted by atomic mass is 10.0. The summed E-state index contributed by atoms with van der Waals surface area (Å²) in [5.41, 5.74) is 0. The van der Waals surface area contributed by atoms with Crippen LogP contribution in [0.2, 0.25) is 0 Å². The highest BCUT2D eigenvalue weighted by Gasteiger charge is 2.06. The first-order valence-electron chi connectivity index (χ1n) is 9.84. The molecule has 0 amide bonds. The van der Waals surface area contributed by atoms with Crippen molar-refractivity contribution in [1.29, 1.82) is 0 Å².